The summed E-state index contributed by atoms with van der Waals surface area (Å²) in [5, 5.41) is 4.13. The first-order chi connectivity index (χ1) is 11.7. The summed E-state index contributed by atoms with van der Waals surface area (Å²) < 4.78 is 6.43. The zero-order chi connectivity index (χ0) is 16.5. The fourth-order valence-electron chi connectivity index (χ4n) is 2.67. The van der Waals surface area contributed by atoms with Gasteiger partial charge >= 0.3 is 0 Å². The second-order valence-electron chi connectivity index (χ2n) is 5.69. The molecule has 7 nitrogen and oxygen atoms in total. The summed E-state index contributed by atoms with van der Waals surface area (Å²) in [6.45, 7) is 5.08. The van der Waals surface area contributed by atoms with Crippen molar-refractivity contribution in [1.29, 1.82) is 0 Å². The SMILES string of the molecule is Cc1cc(Nc2cc3nc(N4CCOCC4)sc3cn2)[nH]c(=O)c1. The molecule has 1 aliphatic rings. The van der Waals surface area contributed by atoms with Crippen molar-refractivity contribution in [3.8, 4) is 0 Å². The summed E-state index contributed by atoms with van der Waals surface area (Å²) in [7, 11) is 0. The highest BCUT2D eigenvalue weighted by Crippen LogP contribution is 2.30. The minimum Gasteiger partial charge on any atom is -0.378 e. The van der Waals surface area contributed by atoms with Gasteiger partial charge in [-0.15, -0.1) is 0 Å². The highest BCUT2D eigenvalue weighted by atomic mass is 32.1. The van der Waals surface area contributed by atoms with E-state index in [1.54, 1.807) is 17.4 Å². The van der Waals surface area contributed by atoms with Crippen LogP contribution in [0.2, 0.25) is 0 Å². The summed E-state index contributed by atoms with van der Waals surface area (Å²) >= 11 is 1.63. The Morgan fingerprint density at radius 3 is 2.92 bits per heavy atom. The molecule has 0 atom stereocenters. The predicted molar refractivity (Wildman–Crippen MR) is 95.5 cm³/mol. The van der Waals surface area contributed by atoms with Gasteiger partial charge in [-0.3, -0.25) is 4.79 Å². The number of rotatable bonds is 3. The van der Waals surface area contributed by atoms with E-state index in [9.17, 15) is 4.79 Å². The number of thiazole rings is 1. The number of ether oxygens (including phenoxy) is 1. The van der Waals surface area contributed by atoms with Gasteiger partial charge in [0, 0.05) is 31.4 Å². The lowest BCUT2D eigenvalue weighted by atomic mass is 10.3. The Hall–Kier alpha value is -2.45. The molecule has 0 radical (unpaired) electrons. The third-order valence-corrected chi connectivity index (χ3v) is 4.86. The third-order valence-electron chi connectivity index (χ3n) is 3.80. The van der Waals surface area contributed by atoms with E-state index in [-0.39, 0.29) is 5.56 Å². The first kappa shape index (κ1) is 15.1. The molecule has 4 rings (SSSR count). The van der Waals surface area contributed by atoms with Crippen LogP contribution in [0.1, 0.15) is 5.56 Å². The molecule has 8 heteroatoms. The van der Waals surface area contributed by atoms with Crippen LogP contribution in [0.4, 0.5) is 16.8 Å². The van der Waals surface area contributed by atoms with Crippen molar-refractivity contribution in [3.05, 3.63) is 40.3 Å². The third kappa shape index (κ3) is 3.10. The number of nitrogens with zero attached hydrogens (tertiary/aromatic N) is 3. The summed E-state index contributed by atoms with van der Waals surface area (Å²) in [5.74, 6) is 1.28. The maximum atomic E-state index is 11.5. The average Bonchev–Trinajstić information content (AvgIpc) is 2.98. The Morgan fingerprint density at radius 2 is 2.12 bits per heavy atom. The van der Waals surface area contributed by atoms with Crippen LogP contribution in [0.25, 0.3) is 10.2 Å². The largest absolute Gasteiger partial charge is 0.378 e. The predicted octanol–water partition coefficient (Wildman–Crippen LogP) is 2.27. The Balaban J connectivity index is 1.61. The standard InChI is InChI=1S/C16H17N5O2S/c1-10-6-14(20-15(22)7-10)19-13-8-11-12(9-17-13)24-16(18-11)21-2-4-23-5-3-21/h6-9H,2-5H2,1H3,(H2,17,19,20,22). The van der Waals surface area contributed by atoms with Crippen LogP contribution in [-0.4, -0.2) is 41.3 Å². The summed E-state index contributed by atoms with van der Waals surface area (Å²) in [6.07, 6.45) is 1.81. The molecule has 0 aliphatic carbocycles. The minimum atomic E-state index is -0.137. The van der Waals surface area contributed by atoms with Gasteiger partial charge in [0.05, 0.1) is 23.4 Å². The number of hydrogen-bond donors (Lipinski definition) is 2. The zero-order valence-electron chi connectivity index (χ0n) is 13.2. The van der Waals surface area contributed by atoms with Crippen LogP contribution in [-0.2, 0) is 4.74 Å². The summed E-state index contributed by atoms with van der Waals surface area (Å²) in [4.78, 5) is 25.7. The van der Waals surface area contributed by atoms with Crippen LogP contribution in [0.5, 0.6) is 0 Å². The number of aromatic amines is 1. The topological polar surface area (TPSA) is 83.1 Å². The zero-order valence-corrected chi connectivity index (χ0v) is 14.0. The lowest BCUT2D eigenvalue weighted by Crippen LogP contribution is -2.36. The highest BCUT2D eigenvalue weighted by Gasteiger charge is 2.15. The summed E-state index contributed by atoms with van der Waals surface area (Å²) in [6, 6.07) is 5.32. The van der Waals surface area contributed by atoms with Gasteiger partial charge in [0.25, 0.3) is 0 Å². The van der Waals surface area contributed by atoms with E-state index in [0.717, 1.165) is 47.2 Å². The quantitative estimate of drug-likeness (QED) is 0.759. The Labute approximate surface area is 142 Å². The second kappa shape index (κ2) is 6.21. The maximum Gasteiger partial charge on any atom is 0.249 e. The molecular weight excluding hydrogens is 326 g/mol. The molecule has 0 amide bonds. The van der Waals surface area contributed by atoms with Crippen LogP contribution >= 0.6 is 11.3 Å². The Morgan fingerprint density at radius 1 is 1.29 bits per heavy atom. The fraction of sp³-hybridized carbons (Fsp3) is 0.312. The number of morpholine rings is 1. The van der Waals surface area contributed by atoms with Crippen LogP contribution in [0, 0.1) is 6.92 Å². The van der Waals surface area contributed by atoms with Crippen molar-refractivity contribution < 1.29 is 4.74 Å². The lowest BCUT2D eigenvalue weighted by Gasteiger charge is -2.25. The molecule has 2 N–H and O–H groups in total. The first-order valence-electron chi connectivity index (χ1n) is 7.75. The van der Waals surface area contributed by atoms with Gasteiger partial charge in [-0.1, -0.05) is 11.3 Å². The second-order valence-corrected chi connectivity index (χ2v) is 6.70. The van der Waals surface area contributed by atoms with Gasteiger partial charge in [-0.2, -0.15) is 0 Å². The Kier molecular flexibility index (Phi) is 3.91. The molecule has 4 heterocycles. The molecule has 1 aliphatic heterocycles. The van der Waals surface area contributed by atoms with E-state index in [4.69, 9.17) is 9.72 Å². The van der Waals surface area contributed by atoms with E-state index >= 15 is 0 Å². The molecular formula is C16H17N5O2S. The van der Waals surface area contributed by atoms with E-state index in [1.807, 2.05) is 25.3 Å². The normalized spacial score (nSPS) is 15.0. The molecule has 0 aromatic carbocycles. The van der Waals surface area contributed by atoms with E-state index in [1.165, 1.54) is 0 Å². The molecule has 0 unspecified atom stereocenters. The van der Waals surface area contributed by atoms with Crippen molar-refractivity contribution in [1.82, 2.24) is 15.0 Å². The van der Waals surface area contributed by atoms with Crippen molar-refractivity contribution in [2.75, 3.05) is 36.5 Å². The number of fused-ring (bicyclic) bond motifs is 1. The lowest BCUT2D eigenvalue weighted by molar-refractivity contribution is 0.122. The maximum absolute atomic E-state index is 11.5. The van der Waals surface area contributed by atoms with Crippen molar-refractivity contribution in [3.63, 3.8) is 0 Å². The molecule has 3 aromatic heterocycles. The smallest absolute Gasteiger partial charge is 0.249 e. The first-order valence-corrected chi connectivity index (χ1v) is 8.56. The number of H-pyrrole nitrogens is 1. The number of hydrogen-bond acceptors (Lipinski definition) is 7. The molecule has 0 saturated carbocycles. The number of aromatic nitrogens is 3. The molecule has 3 aromatic rings. The number of aryl methyl sites for hydroxylation is 1. The monoisotopic (exact) mass is 343 g/mol. The van der Waals surface area contributed by atoms with Gasteiger partial charge < -0.3 is 19.9 Å². The van der Waals surface area contributed by atoms with E-state index in [0.29, 0.717) is 11.6 Å². The minimum absolute atomic E-state index is 0.137. The van der Waals surface area contributed by atoms with Crippen LogP contribution in [0.3, 0.4) is 0 Å². The van der Waals surface area contributed by atoms with Gasteiger partial charge in [0.2, 0.25) is 5.56 Å². The summed E-state index contributed by atoms with van der Waals surface area (Å²) in [5.41, 5.74) is 1.65. The number of nitrogens with one attached hydrogen (secondary N) is 2. The molecule has 24 heavy (non-hydrogen) atoms. The van der Waals surface area contributed by atoms with E-state index < -0.39 is 0 Å². The number of anilines is 3. The number of pyridine rings is 2. The van der Waals surface area contributed by atoms with Crippen molar-refractivity contribution in [2.45, 2.75) is 6.92 Å². The molecule has 124 valence electrons. The van der Waals surface area contributed by atoms with Crippen molar-refractivity contribution >= 4 is 38.3 Å². The molecule has 1 fully saturated rings. The van der Waals surface area contributed by atoms with Crippen molar-refractivity contribution in [2.24, 2.45) is 0 Å². The highest BCUT2D eigenvalue weighted by molar-refractivity contribution is 7.22. The van der Waals surface area contributed by atoms with Gasteiger partial charge in [0.15, 0.2) is 5.13 Å². The molecule has 0 bridgehead atoms. The van der Waals surface area contributed by atoms with Crippen LogP contribution in [0.15, 0.2) is 29.2 Å². The van der Waals surface area contributed by atoms with Gasteiger partial charge in [0.1, 0.15) is 11.6 Å². The Bertz CT molecular complexity index is 930. The van der Waals surface area contributed by atoms with Crippen LogP contribution < -0.4 is 15.8 Å². The van der Waals surface area contributed by atoms with E-state index in [2.05, 4.69) is 20.2 Å². The van der Waals surface area contributed by atoms with Gasteiger partial charge in [-0.25, -0.2) is 9.97 Å². The molecule has 1 saturated heterocycles. The fourth-order valence-corrected chi connectivity index (χ4v) is 3.63. The van der Waals surface area contributed by atoms with Gasteiger partial charge in [-0.05, 0) is 18.6 Å². The average molecular weight is 343 g/mol. The molecule has 0 spiro atoms.